The first-order chi connectivity index (χ1) is 15.2. The standard InChI is InChI=1S/C23H27N5O2S/c1-3-30-20-11-9-19(10-12-20)28-22(18-8-6-13-24-15-18)25-26-23(28)31-16-21(29)27-14-5-4-7-17(27)2/h6,8-13,15,17H,3-5,7,14,16H2,1-2H3/t17-/m1/s1. The fraction of sp³-hybridized carbons (Fsp3) is 0.391. The molecule has 1 amide bonds. The van der Waals surface area contributed by atoms with Gasteiger partial charge in [0.1, 0.15) is 5.75 Å². The molecule has 1 saturated heterocycles. The Bertz CT molecular complexity index is 1010. The van der Waals surface area contributed by atoms with Gasteiger partial charge in [0.25, 0.3) is 0 Å². The minimum atomic E-state index is 0.154. The van der Waals surface area contributed by atoms with Crippen LogP contribution in [0, 0.1) is 0 Å². The van der Waals surface area contributed by atoms with Gasteiger partial charge in [0.15, 0.2) is 11.0 Å². The largest absolute Gasteiger partial charge is 0.494 e. The highest BCUT2D eigenvalue weighted by Gasteiger charge is 2.24. The van der Waals surface area contributed by atoms with Gasteiger partial charge in [0.05, 0.1) is 12.4 Å². The molecule has 0 aliphatic carbocycles. The van der Waals surface area contributed by atoms with Crippen LogP contribution in [0.1, 0.15) is 33.1 Å². The summed E-state index contributed by atoms with van der Waals surface area (Å²) in [5.74, 6) is 2.00. The maximum absolute atomic E-state index is 12.8. The number of benzene rings is 1. The number of thioether (sulfide) groups is 1. The number of nitrogens with zero attached hydrogens (tertiary/aromatic N) is 5. The van der Waals surface area contributed by atoms with Gasteiger partial charge in [-0.1, -0.05) is 11.8 Å². The first kappa shape index (κ1) is 21.4. The van der Waals surface area contributed by atoms with Gasteiger partial charge in [0.2, 0.25) is 5.91 Å². The summed E-state index contributed by atoms with van der Waals surface area (Å²) in [7, 11) is 0. The fourth-order valence-corrected chi connectivity index (χ4v) is 4.65. The molecule has 3 aromatic rings. The summed E-state index contributed by atoms with van der Waals surface area (Å²) in [6.07, 6.45) is 6.84. The molecule has 1 aromatic carbocycles. The van der Waals surface area contributed by atoms with Gasteiger partial charge in [0, 0.05) is 36.2 Å². The van der Waals surface area contributed by atoms with Gasteiger partial charge in [-0.2, -0.15) is 0 Å². The van der Waals surface area contributed by atoms with Gasteiger partial charge in [-0.05, 0) is 69.5 Å². The number of piperidine rings is 1. The molecular formula is C23H27N5O2S. The molecule has 0 spiro atoms. The molecule has 31 heavy (non-hydrogen) atoms. The van der Waals surface area contributed by atoms with Gasteiger partial charge in [-0.15, -0.1) is 10.2 Å². The van der Waals surface area contributed by atoms with Crippen LogP contribution in [0.3, 0.4) is 0 Å². The summed E-state index contributed by atoms with van der Waals surface area (Å²) in [5, 5.41) is 9.51. The van der Waals surface area contributed by atoms with Gasteiger partial charge in [-0.3, -0.25) is 14.3 Å². The van der Waals surface area contributed by atoms with Crippen LogP contribution in [0.2, 0.25) is 0 Å². The fourth-order valence-electron chi connectivity index (χ4n) is 3.81. The van der Waals surface area contributed by atoms with Crippen LogP contribution in [-0.2, 0) is 4.79 Å². The summed E-state index contributed by atoms with van der Waals surface area (Å²) >= 11 is 1.42. The van der Waals surface area contributed by atoms with Crippen LogP contribution in [0.15, 0.2) is 53.9 Å². The third-order valence-electron chi connectivity index (χ3n) is 5.41. The summed E-state index contributed by atoms with van der Waals surface area (Å²) in [4.78, 5) is 19.1. The lowest BCUT2D eigenvalue weighted by atomic mass is 10.0. The number of carbonyl (C=O) groups is 1. The topological polar surface area (TPSA) is 73.1 Å². The van der Waals surface area contributed by atoms with Crippen molar-refractivity contribution >= 4 is 17.7 Å². The Hall–Kier alpha value is -2.87. The highest BCUT2D eigenvalue weighted by molar-refractivity contribution is 7.99. The minimum absolute atomic E-state index is 0.154. The molecular weight excluding hydrogens is 410 g/mol. The van der Waals surface area contributed by atoms with Crippen molar-refractivity contribution in [3.63, 3.8) is 0 Å². The number of aromatic nitrogens is 4. The molecule has 0 saturated carbocycles. The molecule has 2 aromatic heterocycles. The Morgan fingerprint density at radius 2 is 2.03 bits per heavy atom. The number of amides is 1. The highest BCUT2D eigenvalue weighted by Crippen LogP contribution is 2.29. The average Bonchev–Trinajstić information content (AvgIpc) is 3.23. The summed E-state index contributed by atoms with van der Waals surface area (Å²) in [5.41, 5.74) is 1.78. The van der Waals surface area contributed by atoms with Crippen LogP contribution in [0.4, 0.5) is 0 Å². The Balaban J connectivity index is 1.61. The molecule has 3 heterocycles. The molecule has 162 valence electrons. The lowest BCUT2D eigenvalue weighted by molar-refractivity contribution is -0.131. The van der Waals surface area contributed by atoms with Crippen molar-refractivity contribution in [2.24, 2.45) is 0 Å². The lowest BCUT2D eigenvalue weighted by Crippen LogP contribution is -2.42. The molecule has 1 aliphatic heterocycles. The zero-order valence-corrected chi connectivity index (χ0v) is 18.7. The molecule has 0 unspecified atom stereocenters. The maximum Gasteiger partial charge on any atom is 0.233 e. The number of hydrogen-bond acceptors (Lipinski definition) is 6. The van der Waals surface area contributed by atoms with Gasteiger partial charge >= 0.3 is 0 Å². The summed E-state index contributed by atoms with van der Waals surface area (Å²) < 4.78 is 7.55. The molecule has 1 atom stereocenters. The van der Waals surface area contributed by atoms with E-state index < -0.39 is 0 Å². The summed E-state index contributed by atoms with van der Waals surface area (Å²) in [6.45, 7) is 5.55. The Morgan fingerprint density at radius 1 is 1.19 bits per heavy atom. The van der Waals surface area contributed by atoms with Crippen molar-refractivity contribution in [2.45, 2.75) is 44.3 Å². The first-order valence-electron chi connectivity index (χ1n) is 10.7. The predicted octanol–water partition coefficient (Wildman–Crippen LogP) is 4.22. The first-order valence-corrected chi connectivity index (χ1v) is 11.7. The van der Waals surface area contributed by atoms with Crippen molar-refractivity contribution in [2.75, 3.05) is 18.9 Å². The third kappa shape index (κ3) is 4.90. The third-order valence-corrected chi connectivity index (χ3v) is 6.32. The lowest BCUT2D eigenvalue weighted by Gasteiger charge is -2.33. The number of rotatable bonds is 7. The Kier molecular flexibility index (Phi) is 6.86. The number of hydrogen-bond donors (Lipinski definition) is 0. The van der Waals surface area contributed by atoms with Crippen LogP contribution in [0.25, 0.3) is 17.1 Å². The van der Waals surface area contributed by atoms with E-state index in [0.29, 0.717) is 29.4 Å². The number of carbonyl (C=O) groups excluding carboxylic acids is 1. The van der Waals surface area contributed by atoms with E-state index in [1.807, 2.05) is 52.8 Å². The van der Waals surface area contributed by atoms with E-state index in [1.165, 1.54) is 18.2 Å². The van der Waals surface area contributed by atoms with E-state index in [2.05, 4.69) is 22.1 Å². The van der Waals surface area contributed by atoms with Crippen LogP contribution in [-0.4, -0.2) is 55.5 Å². The Labute approximate surface area is 186 Å². The SMILES string of the molecule is CCOc1ccc(-n2c(SCC(=O)N3CCCC[C@H]3C)nnc2-c2cccnc2)cc1. The van der Waals surface area contributed by atoms with Crippen molar-refractivity contribution in [1.29, 1.82) is 0 Å². The second kappa shape index (κ2) is 9.96. The maximum atomic E-state index is 12.8. The zero-order valence-electron chi connectivity index (χ0n) is 17.9. The molecule has 7 nitrogen and oxygen atoms in total. The summed E-state index contributed by atoms with van der Waals surface area (Å²) in [6, 6.07) is 12.0. The van der Waals surface area contributed by atoms with E-state index in [1.54, 1.807) is 12.4 Å². The minimum Gasteiger partial charge on any atom is -0.494 e. The van der Waals surface area contributed by atoms with Gasteiger partial charge < -0.3 is 9.64 Å². The van der Waals surface area contributed by atoms with E-state index in [0.717, 1.165) is 36.4 Å². The van der Waals surface area contributed by atoms with Crippen molar-refractivity contribution in [3.8, 4) is 22.8 Å². The van der Waals surface area contributed by atoms with E-state index in [4.69, 9.17) is 4.74 Å². The zero-order chi connectivity index (χ0) is 21.6. The van der Waals surface area contributed by atoms with Crippen LogP contribution >= 0.6 is 11.8 Å². The highest BCUT2D eigenvalue weighted by atomic mass is 32.2. The normalized spacial score (nSPS) is 16.3. The van der Waals surface area contributed by atoms with E-state index >= 15 is 0 Å². The smallest absolute Gasteiger partial charge is 0.233 e. The number of ether oxygens (including phenoxy) is 1. The second-order valence-corrected chi connectivity index (χ2v) is 8.47. The monoisotopic (exact) mass is 437 g/mol. The van der Waals surface area contributed by atoms with Crippen LogP contribution < -0.4 is 4.74 Å². The number of pyridine rings is 1. The average molecular weight is 438 g/mol. The number of likely N-dealkylation sites (tertiary alicyclic amines) is 1. The molecule has 1 aliphatic rings. The van der Waals surface area contributed by atoms with Crippen LogP contribution in [0.5, 0.6) is 5.75 Å². The quantitative estimate of drug-likeness (QED) is 0.515. The molecule has 0 bridgehead atoms. The van der Waals surface area contributed by atoms with E-state index in [9.17, 15) is 4.79 Å². The molecule has 8 heteroatoms. The Morgan fingerprint density at radius 3 is 2.74 bits per heavy atom. The van der Waals surface area contributed by atoms with E-state index in [-0.39, 0.29) is 5.91 Å². The molecule has 0 radical (unpaired) electrons. The second-order valence-electron chi connectivity index (χ2n) is 7.53. The molecule has 4 rings (SSSR count). The predicted molar refractivity (Wildman–Crippen MR) is 122 cm³/mol. The van der Waals surface area contributed by atoms with Crippen molar-refractivity contribution < 1.29 is 9.53 Å². The van der Waals surface area contributed by atoms with Crippen molar-refractivity contribution in [3.05, 3.63) is 48.8 Å². The van der Waals surface area contributed by atoms with Gasteiger partial charge in [-0.25, -0.2) is 0 Å². The molecule has 1 fully saturated rings. The molecule has 0 N–H and O–H groups in total. The van der Waals surface area contributed by atoms with Crippen molar-refractivity contribution in [1.82, 2.24) is 24.6 Å².